The van der Waals surface area contributed by atoms with Gasteiger partial charge < -0.3 is 26.2 Å². The summed E-state index contributed by atoms with van der Waals surface area (Å²) in [6, 6.07) is 0. The molecule has 0 radical (unpaired) electrons. The minimum absolute atomic E-state index is 0.000386. The van der Waals surface area contributed by atoms with Gasteiger partial charge in [-0.2, -0.15) is 4.98 Å². The van der Waals surface area contributed by atoms with E-state index in [0.717, 1.165) is 0 Å². The number of rotatable bonds is 3. The van der Waals surface area contributed by atoms with E-state index >= 15 is 0 Å². The van der Waals surface area contributed by atoms with E-state index in [1.807, 2.05) is 0 Å². The molecule has 132 valence electrons. The molecule has 0 fully saturated rings. The van der Waals surface area contributed by atoms with Crippen molar-refractivity contribution in [3.63, 3.8) is 0 Å². The lowest BCUT2D eigenvalue weighted by molar-refractivity contribution is 0.349. The number of aromatic amines is 2. The maximum absolute atomic E-state index is 13.0. The number of hydrogen-bond acceptors (Lipinski definition) is 6. The number of nitrogens with zero attached hydrogens (tertiary/aromatic N) is 2. The summed E-state index contributed by atoms with van der Waals surface area (Å²) in [4.78, 5) is 40.7. The Morgan fingerprint density at radius 2 is 2.17 bits per heavy atom. The first-order valence-electron chi connectivity index (χ1n) is 6.99. The molecule has 0 aliphatic heterocycles. The lowest BCUT2D eigenvalue weighted by Crippen LogP contribution is -2.39. The van der Waals surface area contributed by atoms with Gasteiger partial charge in [0.05, 0.1) is 18.0 Å². The van der Waals surface area contributed by atoms with Crippen molar-refractivity contribution in [2.24, 2.45) is 5.73 Å². The Bertz CT molecular complexity index is 859. The van der Waals surface area contributed by atoms with Crippen LogP contribution in [0.5, 0.6) is 0 Å². The molecule has 12 heteroatoms. The molecule has 24 heavy (non-hydrogen) atoms. The van der Waals surface area contributed by atoms with Gasteiger partial charge in [0.15, 0.2) is 11.2 Å². The zero-order valence-electron chi connectivity index (χ0n) is 12.6. The van der Waals surface area contributed by atoms with Crippen LogP contribution in [-0.4, -0.2) is 41.4 Å². The summed E-state index contributed by atoms with van der Waals surface area (Å²) < 4.78 is 23.6. The van der Waals surface area contributed by atoms with Crippen molar-refractivity contribution in [2.45, 2.75) is 24.8 Å². The molecule has 0 amide bonds. The van der Waals surface area contributed by atoms with Crippen LogP contribution in [0, 0.1) is 0 Å². The van der Waals surface area contributed by atoms with Crippen molar-refractivity contribution < 1.29 is 18.7 Å². The van der Waals surface area contributed by atoms with Crippen LogP contribution in [0.1, 0.15) is 19.3 Å². The van der Waals surface area contributed by atoms with Gasteiger partial charge in [-0.15, -0.1) is 0 Å². The standard InChI is InChI=1S/C7H13FNO3P.C5H5N5O/c8-6-2-1-3-7(6,9)4-5-13(10,11)12;6-5-9-3-2(4(11)10-5)7-1-8-3/h2H,1,3-5,9H2,(H2,10,11,12);1H,(H4,6,7,8,9,10,11)/t7-;/m1./s1. The molecule has 10 nitrogen and oxygen atoms in total. The van der Waals surface area contributed by atoms with E-state index in [1.54, 1.807) is 0 Å². The summed E-state index contributed by atoms with van der Waals surface area (Å²) in [5.74, 6) is -0.365. The minimum atomic E-state index is -4.06. The number of allylic oxidation sites excluding steroid dienone is 1. The predicted molar refractivity (Wildman–Crippen MR) is 85.8 cm³/mol. The van der Waals surface area contributed by atoms with Crippen molar-refractivity contribution >= 4 is 24.7 Å². The fourth-order valence-electron chi connectivity index (χ4n) is 2.23. The number of nitrogens with one attached hydrogen (secondary N) is 2. The summed E-state index contributed by atoms with van der Waals surface area (Å²) in [6.07, 6.45) is 3.39. The summed E-state index contributed by atoms with van der Waals surface area (Å²) in [6.45, 7) is 0. The molecule has 0 bridgehead atoms. The summed E-state index contributed by atoms with van der Waals surface area (Å²) in [5.41, 5.74) is 10.1. The molecule has 2 heterocycles. The quantitative estimate of drug-likeness (QED) is 0.417. The third kappa shape index (κ3) is 4.48. The van der Waals surface area contributed by atoms with Crippen molar-refractivity contribution in [3.05, 3.63) is 28.6 Å². The number of nitrogens with two attached hydrogens (primary N) is 2. The fraction of sp³-hybridized carbons (Fsp3) is 0.417. The van der Waals surface area contributed by atoms with Gasteiger partial charge in [0.1, 0.15) is 5.83 Å². The van der Waals surface area contributed by atoms with Gasteiger partial charge in [0, 0.05) is 0 Å². The second kappa shape index (κ2) is 6.81. The Kier molecular flexibility index (Phi) is 5.19. The Morgan fingerprint density at radius 1 is 1.46 bits per heavy atom. The zero-order valence-corrected chi connectivity index (χ0v) is 13.5. The van der Waals surface area contributed by atoms with Crippen LogP contribution in [0.25, 0.3) is 11.2 Å². The monoisotopic (exact) mass is 360 g/mol. The number of imidazole rings is 1. The van der Waals surface area contributed by atoms with Crippen molar-refractivity contribution in [1.82, 2.24) is 19.9 Å². The third-order valence-electron chi connectivity index (χ3n) is 3.55. The topological polar surface area (TPSA) is 184 Å². The molecular formula is C12H18FN6O4P. The summed E-state index contributed by atoms with van der Waals surface area (Å²) in [7, 11) is -4.06. The molecular weight excluding hydrogens is 342 g/mol. The van der Waals surface area contributed by atoms with Crippen LogP contribution in [0.15, 0.2) is 23.0 Å². The van der Waals surface area contributed by atoms with E-state index in [-0.39, 0.29) is 24.1 Å². The second-order valence-electron chi connectivity index (χ2n) is 5.44. The lowest BCUT2D eigenvalue weighted by Gasteiger charge is -2.23. The fourth-order valence-corrected chi connectivity index (χ4v) is 2.92. The Morgan fingerprint density at radius 3 is 2.75 bits per heavy atom. The lowest BCUT2D eigenvalue weighted by atomic mass is 9.96. The molecule has 1 aliphatic carbocycles. The van der Waals surface area contributed by atoms with Crippen molar-refractivity contribution in [2.75, 3.05) is 11.9 Å². The predicted octanol–water partition coefficient (Wildman–Crippen LogP) is 0.127. The molecule has 0 unspecified atom stereocenters. The van der Waals surface area contributed by atoms with Gasteiger partial charge >= 0.3 is 7.60 Å². The molecule has 0 saturated carbocycles. The van der Waals surface area contributed by atoms with Gasteiger partial charge in [-0.05, 0) is 19.3 Å². The molecule has 1 atom stereocenters. The number of anilines is 1. The van der Waals surface area contributed by atoms with E-state index in [0.29, 0.717) is 24.0 Å². The Hall–Kier alpha value is -2.07. The van der Waals surface area contributed by atoms with Crippen molar-refractivity contribution in [3.8, 4) is 0 Å². The molecule has 2 aromatic heterocycles. The number of H-pyrrole nitrogens is 2. The number of nitrogen functional groups attached to an aromatic ring is 1. The minimum Gasteiger partial charge on any atom is -0.369 e. The number of hydrogen-bond donors (Lipinski definition) is 6. The van der Waals surface area contributed by atoms with E-state index in [9.17, 15) is 13.8 Å². The van der Waals surface area contributed by atoms with Gasteiger partial charge in [-0.1, -0.05) is 6.08 Å². The highest BCUT2D eigenvalue weighted by atomic mass is 31.2. The molecule has 3 rings (SSSR count). The van der Waals surface area contributed by atoms with Gasteiger partial charge in [-0.3, -0.25) is 14.3 Å². The number of fused-ring (bicyclic) bond motifs is 1. The molecule has 8 N–H and O–H groups in total. The van der Waals surface area contributed by atoms with Crippen LogP contribution in [-0.2, 0) is 4.57 Å². The van der Waals surface area contributed by atoms with E-state index in [4.69, 9.17) is 21.3 Å². The molecule has 0 saturated heterocycles. The zero-order chi connectivity index (χ0) is 18.0. The van der Waals surface area contributed by atoms with E-state index in [2.05, 4.69) is 19.9 Å². The normalized spacial score (nSPS) is 20.6. The molecule has 0 aromatic carbocycles. The first kappa shape index (κ1) is 18.3. The highest BCUT2D eigenvalue weighted by Gasteiger charge is 2.35. The maximum Gasteiger partial charge on any atom is 0.325 e. The first-order valence-corrected chi connectivity index (χ1v) is 8.79. The second-order valence-corrected chi connectivity index (χ2v) is 7.21. The smallest absolute Gasteiger partial charge is 0.325 e. The van der Waals surface area contributed by atoms with E-state index < -0.39 is 19.0 Å². The van der Waals surface area contributed by atoms with Gasteiger partial charge in [-0.25, -0.2) is 9.37 Å². The number of halogens is 1. The van der Waals surface area contributed by atoms with Crippen LogP contribution in [0.3, 0.4) is 0 Å². The highest BCUT2D eigenvalue weighted by molar-refractivity contribution is 7.51. The Balaban J connectivity index is 0.000000175. The van der Waals surface area contributed by atoms with Gasteiger partial charge in [0.2, 0.25) is 5.95 Å². The average molecular weight is 360 g/mol. The van der Waals surface area contributed by atoms with Crippen LogP contribution in [0.2, 0.25) is 0 Å². The molecule has 0 spiro atoms. The average Bonchev–Trinajstić information content (AvgIpc) is 3.05. The van der Waals surface area contributed by atoms with Crippen molar-refractivity contribution in [1.29, 1.82) is 0 Å². The maximum atomic E-state index is 13.0. The third-order valence-corrected chi connectivity index (χ3v) is 4.36. The van der Waals surface area contributed by atoms with Crippen LogP contribution < -0.4 is 17.0 Å². The number of aromatic nitrogens is 4. The first-order chi connectivity index (χ1) is 11.1. The molecule has 2 aromatic rings. The van der Waals surface area contributed by atoms with Gasteiger partial charge in [0.25, 0.3) is 5.56 Å². The SMILES string of the molecule is N[C@@]1(CCP(=O)(O)O)CCC=C1F.Nc1nc2nc[nH]c2c(=O)[nH]1. The summed E-state index contributed by atoms with van der Waals surface area (Å²) >= 11 is 0. The van der Waals surface area contributed by atoms with E-state index in [1.165, 1.54) is 12.4 Å². The molecule has 1 aliphatic rings. The highest BCUT2D eigenvalue weighted by Crippen LogP contribution is 2.40. The Labute approximate surface area is 135 Å². The summed E-state index contributed by atoms with van der Waals surface area (Å²) in [5, 5.41) is 0. The van der Waals surface area contributed by atoms with Crippen LogP contribution >= 0.6 is 7.60 Å². The largest absolute Gasteiger partial charge is 0.369 e. The van der Waals surface area contributed by atoms with Crippen LogP contribution in [0.4, 0.5) is 10.3 Å².